The zero-order chi connectivity index (χ0) is 53.6. The fourth-order valence-electron chi connectivity index (χ4n) is 8.42. The van der Waals surface area contributed by atoms with E-state index in [0.29, 0.717) is 19.3 Å². The quantitative estimate of drug-likeness (QED) is 0.0261. The average Bonchev–Trinajstić information content (AvgIpc) is 3.40. The number of rotatable bonds is 55. The number of carbonyl (C=O) groups is 3. The van der Waals surface area contributed by atoms with Crippen molar-refractivity contribution >= 4 is 17.9 Å². The highest BCUT2D eigenvalue weighted by molar-refractivity contribution is 5.71. The third-order valence-electron chi connectivity index (χ3n) is 13.0. The second-order valence-corrected chi connectivity index (χ2v) is 20.2. The van der Waals surface area contributed by atoms with E-state index in [9.17, 15) is 14.4 Å². The third kappa shape index (κ3) is 59.0. The van der Waals surface area contributed by atoms with Gasteiger partial charge in [0, 0.05) is 19.3 Å². The molecule has 0 fully saturated rings. The van der Waals surface area contributed by atoms with Crippen LogP contribution in [-0.4, -0.2) is 37.2 Å². The minimum Gasteiger partial charge on any atom is -0.462 e. The van der Waals surface area contributed by atoms with Gasteiger partial charge < -0.3 is 14.2 Å². The second kappa shape index (κ2) is 61.6. The molecule has 0 saturated heterocycles. The number of ether oxygens (including phenoxy) is 3. The molecule has 0 N–H and O–H groups in total. The first-order valence-corrected chi connectivity index (χ1v) is 30.9. The van der Waals surface area contributed by atoms with Gasteiger partial charge >= 0.3 is 17.9 Å². The Morgan fingerprint density at radius 2 is 0.554 bits per heavy atom. The monoisotopic (exact) mass is 1030 g/mol. The Hall–Kier alpha value is -3.93. The van der Waals surface area contributed by atoms with Crippen LogP contribution in [0.3, 0.4) is 0 Å². The maximum atomic E-state index is 12.8. The van der Waals surface area contributed by atoms with Crippen molar-refractivity contribution in [3.8, 4) is 0 Å². The molecule has 0 aromatic heterocycles. The van der Waals surface area contributed by atoms with Crippen molar-refractivity contribution in [1.29, 1.82) is 0 Å². The van der Waals surface area contributed by atoms with Crippen molar-refractivity contribution in [2.24, 2.45) is 0 Å². The topological polar surface area (TPSA) is 78.9 Å². The summed E-state index contributed by atoms with van der Waals surface area (Å²) in [5.74, 6) is -0.995. The molecule has 0 amide bonds. The van der Waals surface area contributed by atoms with Crippen LogP contribution in [0.1, 0.15) is 284 Å². The van der Waals surface area contributed by atoms with Gasteiger partial charge in [0.15, 0.2) is 6.10 Å². The fourth-order valence-corrected chi connectivity index (χ4v) is 8.42. The van der Waals surface area contributed by atoms with E-state index in [0.717, 1.165) is 89.9 Å². The van der Waals surface area contributed by atoms with Gasteiger partial charge in [0.1, 0.15) is 13.2 Å². The molecule has 0 bridgehead atoms. The van der Waals surface area contributed by atoms with E-state index in [-0.39, 0.29) is 31.6 Å². The summed E-state index contributed by atoms with van der Waals surface area (Å²) in [4.78, 5) is 38.0. The van der Waals surface area contributed by atoms with Crippen molar-refractivity contribution < 1.29 is 28.6 Å². The highest BCUT2D eigenvalue weighted by atomic mass is 16.6. The Morgan fingerprint density at radius 3 is 0.878 bits per heavy atom. The first kappa shape index (κ1) is 70.1. The lowest BCUT2D eigenvalue weighted by atomic mass is 10.0. The van der Waals surface area contributed by atoms with E-state index >= 15 is 0 Å². The highest BCUT2D eigenvalue weighted by Gasteiger charge is 2.19. The number of unbranched alkanes of at least 4 members (excludes halogenated alkanes) is 26. The summed E-state index contributed by atoms with van der Waals surface area (Å²) in [5, 5.41) is 0. The van der Waals surface area contributed by atoms with Gasteiger partial charge in [-0.2, -0.15) is 0 Å². The molecule has 0 spiro atoms. The molecule has 0 aliphatic carbocycles. The lowest BCUT2D eigenvalue weighted by molar-refractivity contribution is -0.166. The van der Waals surface area contributed by atoms with Crippen molar-refractivity contribution in [3.05, 3.63) is 109 Å². The molecular formula is C68H114O6. The molecule has 0 radical (unpaired) electrons. The zero-order valence-electron chi connectivity index (χ0n) is 48.3. The maximum Gasteiger partial charge on any atom is 0.306 e. The van der Waals surface area contributed by atoms with Gasteiger partial charge in [-0.05, 0) is 96.3 Å². The number of allylic oxidation sites excluding steroid dienone is 18. The van der Waals surface area contributed by atoms with Gasteiger partial charge in [0.05, 0.1) is 0 Å². The molecule has 6 nitrogen and oxygen atoms in total. The Kier molecular flexibility index (Phi) is 58.3. The van der Waals surface area contributed by atoms with Gasteiger partial charge in [-0.15, -0.1) is 0 Å². The molecule has 0 aromatic carbocycles. The van der Waals surface area contributed by atoms with Gasteiger partial charge in [-0.1, -0.05) is 278 Å². The highest BCUT2D eigenvalue weighted by Crippen LogP contribution is 2.16. The van der Waals surface area contributed by atoms with E-state index in [1.807, 2.05) is 6.08 Å². The number of hydrogen-bond donors (Lipinski definition) is 0. The van der Waals surface area contributed by atoms with Crippen molar-refractivity contribution in [2.75, 3.05) is 13.2 Å². The van der Waals surface area contributed by atoms with Gasteiger partial charge in [-0.3, -0.25) is 14.4 Å². The Labute approximate surface area is 457 Å². The van der Waals surface area contributed by atoms with Crippen LogP contribution in [-0.2, 0) is 28.6 Å². The smallest absolute Gasteiger partial charge is 0.306 e. The summed E-state index contributed by atoms with van der Waals surface area (Å²) >= 11 is 0. The van der Waals surface area contributed by atoms with E-state index in [1.54, 1.807) is 0 Å². The molecule has 0 aliphatic heterocycles. The van der Waals surface area contributed by atoms with E-state index in [2.05, 4.69) is 124 Å². The molecule has 1 atom stereocenters. The molecule has 422 valence electrons. The molecule has 74 heavy (non-hydrogen) atoms. The summed E-state index contributed by atoms with van der Waals surface area (Å²) in [6, 6.07) is 0. The van der Waals surface area contributed by atoms with Crippen molar-refractivity contribution in [2.45, 2.75) is 290 Å². The van der Waals surface area contributed by atoms with Crippen LogP contribution < -0.4 is 0 Å². The number of hydrogen-bond acceptors (Lipinski definition) is 6. The minimum atomic E-state index is -0.817. The van der Waals surface area contributed by atoms with Crippen LogP contribution in [0.25, 0.3) is 0 Å². The molecule has 1 unspecified atom stereocenters. The molecule has 0 heterocycles. The number of carbonyl (C=O) groups excluding carboxylic acids is 3. The molecule has 0 aliphatic rings. The predicted molar refractivity (Wildman–Crippen MR) is 320 cm³/mol. The average molecular weight is 1030 g/mol. The predicted octanol–water partition coefficient (Wildman–Crippen LogP) is 21.0. The lowest BCUT2D eigenvalue weighted by Crippen LogP contribution is -2.30. The number of esters is 3. The molecule has 6 heteroatoms. The van der Waals surface area contributed by atoms with E-state index in [1.165, 1.54) is 148 Å². The fraction of sp³-hybridized carbons (Fsp3) is 0.691. The Bertz CT molecular complexity index is 1510. The van der Waals surface area contributed by atoms with Crippen LogP contribution in [0, 0.1) is 0 Å². The first-order valence-electron chi connectivity index (χ1n) is 30.9. The summed E-state index contributed by atoms with van der Waals surface area (Å²) in [7, 11) is 0. The van der Waals surface area contributed by atoms with Crippen LogP contribution >= 0.6 is 0 Å². The van der Waals surface area contributed by atoms with Gasteiger partial charge in [-0.25, -0.2) is 0 Å². The Morgan fingerprint density at radius 1 is 0.284 bits per heavy atom. The third-order valence-corrected chi connectivity index (χ3v) is 13.0. The van der Waals surface area contributed by atoms with E-state index < -0.39 is 12.1 Å². The van der Waals surface area contributed by atoms with E-state index in [4.69, 9.17) is 14.2 Å². The van der Waals surface area contributed by atoms with Crippen molar-refractivity contribution in [3.63, 3.8) is 0 Å². The molecular weight excluding hydrogens is 913 g/mol. The normalized spacial score (nSPS) is 12.9. The maximum absolute atomic E-state index is 12.8. The lowest BCUT2D eigenvalue weighted by Gasteiger charge is -2.18. The van der Waals surface area contributed by atoms with Crippen LogP contribution in [0.2, 0.25) is 0 Å². The summed E-state index contributed by atoms with van der Waals surface area (Å²) in [6.07, 6.45) is 84.1. The SMILES string of the molecule is CC/C=C\C/C=C\C/C=C\C/C=C\C/C=C\C/C=C\CCC(=O)OC(COC(=O)CCCCCCCCCC)COC(=O)CCCCCCCCCCCCCCCC/C=C\C/C=C\C/C=C\CCCCCCC. The first-order chi connectivity index (χ1) is 36.5. The Balaban J connectivity index is 4.23. The molecule has 0 saturated carbocycles. The summed E-state index contributed by atoms with van der Waals surface area (Å²) in [6.45, 7) is 6.43. The second-order valence-electron chi connectivity index (χ2n) is 20.2. The minimum absolute atomic E-state index is 0.108. The zero-order valence-corrected chi connectivity index (χ0v) is 48.3. The molecule has 0 rings (SSSR count). The van der Waals surface area contributed by atoms with Crippen LogP contribution in [0.4, 0.5) is 0 Å². The van der Waals surface area contributed by atoms with Crippen molar-refractivity contribution in [1.82, 2.24) is 0 Å². The van der Waals surface area contributed by atoms with Crippen LogP contribution in [0.5, 0.6) is 0 Å². The largest absolute Gasteiger partial charge is 0.462 e. The van der Waals surface area contributed by atoms with Gasteiger partial charge in [0.25, 0.3) is 0 Å². The molecule has 0 aromatic rings. The van der Waals surface area contributed by atoms with Crippen LogP contribution in [0.15, 0.2) is 109 Å². The summed E-state index contributed by atoms with van der Waals surface area (Å²) < 4.78 is 16.7. The summed E-state index contributed by atoms with van der Waals surface area (Å²) in [5.41, 5.74) is 0. The standard InChI is InChI=1S/C68H114O6/c1-4-7-10-13-16-19-21-23-25-27-29-30-31-32-33-34-35-36-37-38-40-41-43-45-47-49-52-55-58-61-67(70)73-64-65(63-72-66(69)60-57-54-51-18-15-12-9-6-3)74-68(71)62-59-56-53-50-48-46-44-42-39-28-26-24-22-20-17-14-11-8-5-2/h8,11,17,20-21,23-24,26-27,29,31-32,39,42,46,48,53,56,65H,4-7,9-10,12-16,18-19,22,25,28,30,33-38,40-41,43-45,47,49-52,54-55,57-64H2,1-3H3/b11-8-,20-17-,23-21-,26-24-,29-27-,32-31-,42-39-,48-46-,56-53-. The van der Waals surface area contributed by atoms with Gasteiger partial charge in [0.2, 0.25) is 0 Å².